The van der Waals surface area contributed by atoms with Gasteiger partial charge in [0.15, 0.2) is 0 Å². The Kier molecular flexibility index (Phi) is 4.68. The minimum atomic E-state index is 0.122. The van der Waals surface area contributed by atoms with E-state index in [9.17, 15) is 0 Å². The van der Waals surface area contributed by atoms with E-state index >= 15 is 0 Å². The number of aromatic nitrogens is 2. The topological polar surface area (TPSA) is 41.1 Å². The average molecular weight is 280 g/mol. The van der Waals surface area contributed by atoms with Gasteiger partial charge < -0.3 is 10.2 Å². The van der Waals surface area contributed by atoms with Gasteiger partial charge in [-0.05, 0) is 32.9 Å². The summed E-state index contributed by atoms with van der Waals surface area (Å²) in [6.45, 7) is 7.29. The lowest BCUT2D eigenvalue weighted by molar-refractivity contribution is 0.423. The van der Waals surface area contributed by atoms with E-state index in [0.717, 1.165) is 18.1 Å². The third-order valence-electron chi connectivity index (χ3n) is 3.28. The Bertz CT molecular complexity index is 393. The zero-order chi connectivity index (χ0) is 13.9. The smallest absolute Gasteiger partial charge is 0.225 e. The molecular weight excluding hydrogens is 256 g/mol. The van der Waals surface area contributed by atoms with Crippen molar-refractivity contribution in [3.8, 4) is 0 Å². The second kappa shape index (κ2) is 6.09. The van der Waals surface area contributed by atoms with Gasteiger partial charge in [0.1, 0.15) is 0 Å². The van der Waals surface area contributed by atoms with Crippen LogP contribution in [0.15, 0.2) is 12.4 Å². The number of nitrogens with one attached hydrogen (secondary N) is 1. The van der Waals surface area contributed by atoms with Crippen LogP contribution in [0.2, 0.25) is 0 Å². The van der Waals surface area contributed by atoms with Crippen molar-refractivity contribution in [3.63, 3.8) is 0 Å². The molecule has 1 unspecified atom stereocenters. The van der Waals surface area contributed by atoms with Crippen LogP contribution < -0.4 is 10.2 Å². The highest BCUT2D eigenvalue weighted by molar-refractivity contribution is 7.99. The van der Waals surface area contributed by atoms with Crippen molar-refractivity contribution < 1.29 is 0 Å². The summed E-state index contributed by atoms with van der Waals surface area (Å²) in [4.78, 5) is 11.2. The highest BCUT2D eigenvalue weighted by Crippen LogP contribution is 2.23. The van der Waals surface area contributed by atoms with E-state index in [1.807, 2.05) is 24.2 Å². The second-order valence-corrected chi connectivity index (χ2v) is 7.27. The summed E-state index contributed by atoms with van der Waals surface area (Å²) in [6, 6.07) is 0.587. The molecule has 1 N–H and O–H groups in total. The fourth-order valence-electron chi connectivity index (χ4n) is 1.98. The summed E-state index contributed by atoms with van der Waals surface area (Å²) >= 11 is 2.01. The molecule has 1 aromatic heterocycles. The summed E-state index contributed by atoms with van der Waals surface area (Å²) in [5.74, 6) is 3.28. The first kappa shape index (κ1) is 14.6. The van der Waals surface area contributed by atoms with Gasteiger partial charge in [-0.2, -0.15) is 11.8 Å². The first-order chi connectivity index (χ1) is 8.96. The van der Waals surface area contributed by atoms with Crippen molar-refractivity contribution in [1.29, 1.82) is 0 Å². The largest absolute Gasteiger partial charge is 0.340 e. The Morgan fingerprint density at radius 1 is 1.37 bits per heavy atom. The van der Waals surface area contributed by atoms with Crippen LogP contribution in [0.3, 0.4) is 0 Å². The maximum absolute atomic E-state index is 4.49. The summed E-state index contributed by atoms with van der Waals surface area (Å²) in [7, 11) is 2.10. The molecule has 0 aliphatic carbocycles. The molecule has 2 rings (SSSR count). The van der Waals surface area contributed by atoms with E-state index in [-0.39, 0.29) is 5.54 Å². The van der Waals surface area contributed by atoms with E-state index < -0.39 is 0 Å². The van der Waals surface area contributed by atoms with E-state index in [0.29, 0.717) is 6.04 Å². The van der Waals surface area contributed by atoms with E-state index in [2.05, 4.69) is 48.0 Å². The van der Waals surface area contributed by atoms with Crippen LogP contribution in [0.25, 0.3) is 0 Å². The van der Waals surface area contributed by atoms with Crippen LogP contribution in [-0.2, 0) is 6.54 Å². The molecular formula is C14H24N4S. The Labute approximate surface area is 120 Å². The Morgan fingerprint density at radius 3 is 2.58 bits per heavy atom. The van der Waals surface area contributed by atoms with Crippen molar-refractivity contribution in [2.24, 2.45) is 0 Å². The quantitative estimate of drug-likeness (QED) is 0.916. The molecule has 1 saturated heterocycles. The van der Waals surface area contributed by atoms with Gasteiger partial charge in [0.05, 0.1) is 0 Å². The monoisotopic (exact) mass is 280 g/mol. The first-order valence-electron chi connectivity index (χ1n) is 6.82. The lowest BCUT2D eigenvalue weighted by Gasteiger charge is -2.24. The Balaban J connectivity index is 1.94. The highest BCUT2D eigenvalue weighted by atomic mass is 32.2. The summed E-state index contributed by atoms with van der Waals surface area (Å²) in [5.41, 5.74) is 1.25. The van der Waals surface area contributed by atoms with Crippen molar-refractivity contribution in [2.45, 2.75) is 45.3 Å². The van der Waals surface area contributed by atoms with E-state index in [1.165, 1.54) is 17.9 Å². The zero-order valence-electron chi connectivity index (χ0n) is 12.3. The lowest BCUT2D eigenvalue weighted by atomic mass is 10.1. The zero-order valence-corrected chi connectivity index (χ0v) is 13.1. The molecule has 106 valence electrons. The summed E-state index contributed by atoms with van der Waals surface area (Å²) in [5, 5.41) is 3.45. The average Bonchev–Trinajstić information content (AvgIpc) is 2.89. The fraction of sp³-hybridized carbons (Fsp3) is 0.714. The van der Waals surface area contributed by atoms with Crippen molar-refractivity contribution in [2.75, 3.05) is 23.5 Å². The molecule has 1 aliphatic heterocycles. The highest BCUT2D eigenvalue weighted by Gasteiger charge is 2.21. The lowest BCUT2D eigenvalue weighted by Crippen LogP contribution is -2.35. The molecule has 0 radical (unpaired) electrons. The second-order valence-electron chi connectivity index (χ2n) is 6.12. The first-order valence-corrected chi connectivity index (χ1v) is 7.98. The van der Waals surface area contributed by atoms with Crippen LogP contribution in [0, 0.1) is 0 Å². The maximum Gasteiger partial charge on any atom is 0.225 e. The van der Waals surface area contributed by atoms with Crippen LogP contribution in [0.4, 0.5) is 5.95 Å². The summed E-state index contributed by atoms with van der Waals surface area (Å²) in [6.07, 6.45) is 5.09. The molecule has 5 heteroatoms. The van der Waals surface area contributed by atoms with Crippen LogP contribution in [-0.4, -0.2) is 40.1 Å². The van der Waals surface area contributed by atoms with Gasteiger partial charge in [0, 0.05) is 48.9 Å². The van der Waals surface area contributed by atoms with Crippen molar-refractivity contribution in [1.82, 2.24) is 15.3 Å². The normalized spacial score (nSPS) is 19.7. The van der Waals surface area contributed by atoms with Gasteiger partial charge in [0.25, 0.3) is 0 Å². The number of rotatable bonds is 4. The minimum absolute atomic E-state index is 0.122. The van der Waals surface area contributed by atoms with Crippen LogP contribution in [0.1, 0.15) is 32.8 Å². The predicted molar refractivity (Wildman–Crippen MR) is 82.8 cm³/mol. The molecule has 0 saturated carbocycles. The molecule has 0 aromatic carbocycles. The van der Waals surface area contributed by atoms with E-state index in [1.54, 1.807) is 0 Å². The molecule has 1 atom stereocenters. The van der Waals surface area contributed by atoms with Crippen molar-refractivity contribution >= 4 is 17.7 Å². The van der Waals surface area contributed by atoms with Gasteiger partial charge in [-0.15, -0.1) is 0 Å². The molecule has 2 heterocycles. The number of hydrogen-bond acceptors (Lipinski definition) is 5. The Hall–Kier alpha value is -0.810. The van der Waals surface area contributed by atoms with Gasteiger partial charge in [0.2, 0.25) is 5.95 Å². The van der Waals surface area contributed by atoms with E-state index in [4.69, 9.17) is 0 Å². The molecule has 0 spiro atoms. The summed E-state index contributed by atoms with van der Waals surface area (Å²) < 4.78 is 0. The number of nitrogens with zero attached hydrogens (tertiary/aromatic N) is 3. The van der Waals surface area contributed by atoms with Crippen LogP contribution >= 0.6 is 11.8 Å². The Morgan fingerprint density at radius 2 is 2.05 bits per heavy atom. The van der Waals surface area contributed by atoms with Gasteiger partial charge in [-0.1, -0.05) is 0 Å². The molecule has 1 aliphatic rings. The SMILES string of the molecule is CN(c1ncc(CNC(C)(C)C)cn1)C1CCSC1. The number of hydrogen-bond donors (Lipinski definition) is 1. The van der Waals surface area contributed by atoms with Gasteiger partial charge in [-0.3, -0.25) is 0 Å². The fourth-order valence-corrected chi connectivity index (χ4v) is 3.25. The standard InChI is InChI=1S/C14H24N4S/c1-14(2,3)17-9-11-7-15-13(16-8-11)18(4)12-5-6-19-10-12/h7-8,12,17H,5-6,9-10H2,1-4H3. The van der Waals surface area contributed by atoms with Gasteiger partial charge in [-0.25, -0.2) is 9.97 Å². The molecule has 0 amide bonds. The number of anilines is 1. The third-order valence-corrected chi connectivity index (χ3v) is 4.43. The van der Waals surface area contributed by atoms with Gasteiger partial charge >= 0.3 is 0 Å². The predicted octanol–water partition coefficient (Wildman–Crippen LogP) is 2.31. The van der Waals surface area contributed by atoms with Crippen molar-refractivity contribution in [3.05, 3.63) is 18.0 Å². The number of thioether (sulfide) groups is 1. The maximum atomic E-state index is 4.49. The molecule has 4 nitrogen and oxygen atoms in total. The third kappa shape index (κ3) is 4.35. The molecule has 19 heavy (non-hydrogen) atoms. The van der Waals surface area contributed by atoms with Crippen LogP contribution in [0.5, 0.6) is 0 Å². The molecule has 1 fully saturated rings. The molecule has 1 aromatic rings. The minimum Gasteiger partial charge on any atom is -0.340 e. The molecule has 0 bridgehead atoms.